The van der Waals surface area contributed by atoms with Gasteiger partial charge in [0.1, 0.15) is 17.3 Å². The number of nitrogens with zero attached hydrogens (tertiary/aromatic N) is 1. The fraction of sp³-hybridized carbons (Fsp3) is 0.100. The minimum Gasteiger partial charge on any atom is -0.433 e. The van der Waals surface area contributed by atoms with Crippen LogP contribution in [0.15, 0.2) is 30.5 Å². The van der Waals surface area contributed by atoms with Gasteiger partial charge in [0, 0.05) is 0 Å². The zero-order valence-corrected chi connectivity index (χ0v) is 8.65. The Morgan fingerprint density at radius 3 is 2.71 bits per heavy atom. The molecule has 0 saturated heterocycles. The van der Waals surface area contributed by atoms with Gasteiger partial charge in [0.05, 0.1) is 11.9 Å². The van der Waals surface area contributed by atoms with Crippen LogP contribution in [0.3, 0.4) is 0 Å². The SMILES string of the molecule is Nc1[nH]ncc1Nc1ccccc1OC(F)F. The Morgan fingerprint density at radius 2 is 2.06 bits per heavy atom. The third-order valence-corrected chi connectivity index (χ3v) is 2.04. The van der Waals surface area contributed by atoms with E-state index in [4.69, 9.17) is 5.73 Å². The molecule has 90 valence electrons. The number of para-hydroxylation sites is 2. The molecule has 4 N–H and O–H groups in total. The minimum atomic E-state index is -2.88. The lowest BCUT2D eigenvalue weighted by atomic mass is 10.3. The maximum absolute atomic E-state index is 12.2. The van der Waals surface area contributed by atoms with E-state index in [2.05, 4.69) is 20.3 Å². The topological polar surface area (TPSA) is 76.0 Å². The number of H-pyrrole nitrogens is 1. The molecule has 1 aromatic carbocycles. The summed E-state index contributed by atoms with van der Waals surface area (Å²) in [6.07, 6.45) is 1.45. The Bertz CT molecular complexity index is 501. The standard InChI is InChI=1S/C10H10F2N4O/c11-10(12)17-8-4-2-1-3-6(8)15-7-5-14-16-9(7)13/h1-5,10,15H,(H3,13,14,16). The van der Waals surface area contributed by atoms with Crippen molar-refractivity contribution in [2.75, 3.05) is 11.1 Å². The number of benzene rings is 1. The molecule has 2 aromatic rings. The van der Waals surface area contributed by atoms with E-state index in [1.807, 2.05) is 0 Å². The Balaban J connectivity index is 2.23. The lowest BCUT2D eigenvalue weighted by Crippen LogP contribution is -2.04. The van der Waals surface area contributed by atoms with Crippen LogP contribution in [-0.2, 0) is 0 Å². The van der Waals surface area contributed by atoms with Gasteiger partial charge in [0.25, 0.3) is 0 Å². The fourth-order valence-electron chi connectivity index (χ4n) is 1.31. The molecule has 0 bridgehead atoms. The first kappa shape index (κ1) is 11.2. The van der Waals surface area contributed by atoms with E-state index in [-0.39, 0.29) is 5.75 Å². The van der Waals surface area contributed by atoms with Crippen molar-refractivity contribution in [1.29, 1.82) is 0 Å². The average Bonchev–Trinajstić information content (AvgIpc) is 2.67. The van der Waals surface area contributed by atoms with Gasteiger partial charge in [0.2, 0.25) is 0 Å². The second-order valence-electron chi connectivity index (χ2n) is 3.20. The van der Waals surface area contributed by atoms with E-state index in [1.165, 1.54) is 12.3 Å². The first-order chi connectivity index (χ1) is 8.16. The van der Waals surface area contributed by atoms with Gasteiger partial charge in [-0.05, 0) is 12.1 Å². The number of nitrogens with two attached hydrogens (primary N) is 1. The van der Waals surface area contributed by atoms with Gasteiger partial charge in [-0.2, -0.15) is 13.9 Å². The van der Waals surface area contributed by atoms with Crippen molar-refractivity contribution in [2.45, 2.75) is 6.61 Å². The number of ether oxygens (including phenoxy) is 1. The summed E-state index contributed by atoms with van der Waals surface area (Å²) in [6.45, 7) is -2.88. The summed E-state index contributed by atoms with van der Waals surface area (Å²) in [7, 11) is 0. The molecule has 0 fully saturated rings. The molecule has 0 radical (unpaired) electrons. The molecule has 0 amide bonds. The summed E-state index contributed by atoms with van der Waals surface area (Å²) >= 11 is 0. The first-order valence-electron chi connectivity index (χ1n) is 4.76. The van der Waals surface area contributed by atoms with Crippen LogP contribution in [0.2, 0.25) is 0 Å². The van der Waals surface area contributed by atoms with Crippen LogP contribution in [-0.4, -0.2) is 16.8 Å². The van der Waals surface area contributed by atoms with E-state index >= 15 is 0 Å². The summed E-state index contributed by atoms with van der Waals surface area (Å²) in [5.74, 6) is 0.361. The Hall–Kier alpha value is -2.31. The largest absolute Gasteiger partial charge is 0.433 e. The molecule has 0 saturated carbocycles. The van der Waals surface area contributed by atoms with Crippen LogP contribution in [0.4, 0.5) is 26.0 Å². The van der Waals surface area contributed by atoms with Crippen LogP contribution in [0.25, 0.3) is 0 Å². The zero-order chi connectivity index (χ0) is 12.3. The lowest BCUT2D eigenvalue weighted by molar-refractivity contribution is -0.0493. The van der Waals surface area contributed by atoms with Crippen LogP contribution >= 0.6 is 0 Å². The quantitative estimate of drug-likeness (QED) is 0.766. The highest BCUT2D eigenvalue weighted by Gasteiger charge is 2.10. The lowest BCUT2D eigenvalue weighted by Gasteiger charge is -2.11. The van der Waals surface area contributed by atoms with Gasteiger partial charge in [-0.25, -0.2) is 0 Å². The third kappa shape index (κ3) is 2.63. The van der Waals surface area contributed by atoms with Gasteiger partial charge in [-0.15, -0.1) is 0 Å². The van der Waals surface area contributed by atoms with Crippen LogP contribution in [0.5, 0.6) is 5.75 Å². The molecule has 5 nitrogen and oxygen atoms in total. The molecule has 2 rings (SSSR count). The molecule has 0 aliphatic rings. The number of halogens is 2. The summed E-state index contributed by atoms with van der Waals surface area (Å²) in [5, 5.41) is 9.08. The maximum Gasteiger partial charge on any atom is 0.387 e. The number of nitrogen functional groups attached to an aromatic ring is 1. The molecule has 0 atom stereocenters. The van der Waals surface area contributed by atoms with E-state index in [0.717, 1.165) is 0 Å². The molecular formula is C10H10F2N4O. The maximum atomic E-state index is 12.2. The third-order valence-electron chi connectivity index (χ3n) is 2.04. The van der Waals surface area contributed by atoms with E-state index in [0.29, 0.717) is 17.2 Å². The molecule has 17 heavy (non-hydrogen) atoms. The summed E-state index contributed by atoms with van der Waals surface area (Å²) in [4.78, 5) is 0. The van der Waals surface area contributed by atoms with E-state index < -0.39 is 6.61 Å². The van der Waals surface area contributed by atoms with Crippen molar-refractivity contribution in [2.24, 2.45) is 0 Å². The van der Waals surface area contributed by atoms with Crippen molar-refractivity contribution < 1.29 is 13.5 Å². The highest BCUT2D eigenvalue weighted by Crippen LogP contribution is 2.29. The van der Waals surface area contributed by atoms with Crippen LogP contribution in [0.1, 0.15) is 0 Å². The summed E-state index contributed by atoms with van der Waals surface area (Å²) in [6, 6.07) is 6.33. The van der Waals surface area contributed by atoms with Gasteiger partial charge in [-0.3, -0.25) is 5.10 Å². The van der Waals surface area contributed by atoms with Gasteiger partial charge in [-0.1, -0.05) is 12.1 Å². The minimum absolute atomic E-state index is 0.0445. The number of hydrogen-bond donors (Lipinski definition) is 3. The van der Waals surface area contributed by atoms with Gasteiger partial charge < -0.3 is 15.8 Å². The number of hydrogen-bond acceptors (Lipinski definition) is 4. The van der Waals surface area contributed by atoms with Crippen LogP contribution in [0, 0.1) is 0 Å². The molecule has 0 spiro atoms. The molecule has 1 aromatic heterocycles. The van der Waals surface area contributed by atoms with E-state index in [1.54, 1.807) is 18.2 Å². The average molecular weight is 240 g/mol. The molecule has 0 aliphatic heterocycles. The highest BCUT2D eigenvalue weighted by atomic mass is 19.3. The molecule has 0 aliphatic carbocycles. The first-order valence-corrected chi connectivity index (χ1v) is 4.76. The summed E-state index contributed by atoms with van der Waals surface area (Å²) in [5.41, 5.74) is 6.46. The summed E-state index contributed by atoms with van der Waals surface area (Å²) < 4.78 is 28.7. The molecule has 0 unspecified atom stereocenters. The van der Waals surface area contributed by atoms with Gasteiger partial charge >= 0.3 is 6.61 Å². The monoisotopic (exact) mass is 240 g/mol. The Morgan fingerprint density at radius 1 is 1.29 bits per heavy atom. The number of alkyl halides is 2. The van der Waals surface area contributed by atoms with E-state index in [9.17, 15) is 8.78 Å². The van der Waals surface area contributed by atoms with Crippen molar-refractivity contribution >= 4 is 17.2 Å². The predicted octanol–water partition coefficient (Wildman–Crippen LogP) is 2.34. The molecule has 7 heteroatoms. The second kappa shape index (κ2) is 4.69. The number of anilines is 3. The smallest absolute Gasteiger partial charge is 0.387 e. The second-order valence-corrected chi connectivity index (χ2v) is 3.20. The number of aromatic amines is 1. The van der Waals surface area contributed by atoms with Crippen LogP contribution < -0.4 is 15.8 Å². The predicted molar refractivity (Wildman–Crippen MR) is 59.4 cm³/mol. The molecule has 1 heterocycles. The number of rotatable bonds is 4. The number of aromatic nitrogens is 2. The van der Waals surface area contributed by atoms with Crippen molar-refractivity contribution in [3.8, 4) is 5.75 Å². The van der Waals surface area contributed by atoms with Crippen molar-refractivity contribution in [3.63, 3.8) is 0 Å². The zero-order valence-electron chi connectivity index (χ0n) is 8.65. The Kier molecular flexibility index (Phi) is 3.08. The van der Waals surface area contributed by atoms with Crippen molar-refractivity contribution in [1.82, 2.24) is 10.2 Å². The molecular weight excluding hydrogens is 230 g/mol. The fourth-order valence-corrected chi connectivity index (χ4v) is 1.31. The highest BCUT2D eigenvalue weighted by molar-refractivity contribution is 5.72. The number of nitrogens with one attached hydrogen (secondary N) is 2. The van der Waals surface area contributed by atoms with Crippen molar-refractivity contribution in [3.05, 3.63) is 30.5 Å². The normalized spacial score (nSPS) is 10.5. The van der Waals surface area contributed by atoms with Gasteiger partial charge in [0.15, 0.2) is 0 Å². The Labute approximate surface area is 95.6 Å².